The standard InChI is InChI=1S/C10H7FN2O2S.C9H9Cl2NO/c11-6-1-3-7(4-2-6)13-9(15)5-8(14)12-10(13)16;1-2-9(13)12-8-4-3-6(10)5-7(8)11/h1-5,15H,(H,12,14,16);3-5H,2H2,1H3,(H,12,13). The highest BCUT2D eigenvalue weighted by Crippen LogP contribution is 2.25. The zero-order valence-corrected chi connectivity index (χ0v) is 17.4. The number of benzene rings is 2. The number of nitrogens with one attached hydrogen (secondary N) is 2. The van der Waals surface area contributed by atoms with E-state index in [0.29, 0.717) is 27.8 Å². The van der Waals surface area contributed by atoms with Gasteiger partial charge in [0, 0.05) is 11.4 Å². The quantitative estimate of drug-likeness (QED) is 0.480. The lowest BCUT2D eigenvalue weighted by Gasteiger charge is -2.08. The summed E-state index contributed by atoms with van der Waals surface area (Å²) in [6.45, 7) is 1.78. The second-order valence-electron chi connectivity index (χ2n) is 5.63. The Morgan fingerprint density at radius 1 is 1.21 bits per heavy atom. The number of nitrogens with zero attached hydrogens (tertiary/aromatic N) is 1. The van der Waals surface area contributed by atoms with Crippen LogP contribution in [0.3, 0.4) is 0 Å². The van der Waals surface area contributed by atoms with Crippen molar-refractivity contribution in [2.45, 2.75) is 13.3 Å². The Morgan fingerprint density at radius 3 is 2.41 bits per heavy atom. The van der Waals surface area contributed by atoms with E-state index in [1.807, 2.05) is 0 Å². The maximum absolute atomic E-state index is 12.7. The molecule has 3 aromatic rings. The van der Waals surface area contributed by atoms with E-state index in [2.05, 4.69) is 10.3 Å². The van der Waals surface area contributed by atoms with Gasteiger partial charge < -0.3 is 10.4 Å². The van der Waals surface area contributed by atoms with E-state index >= 15 is 0 Å². The van der Waals surface area contributed by atoms with Gasteiger partial charge in [0.25, 0.3) is 5.56 Å². The Morgan fingerprint density at radius 2 is 1.86 bits per heavy atom. The molecule has 1 amide bonds. The Hall–Kier alpha value is -2.68. The summed E-state index contributed by atoms with van der Waals surface area (Å²) in [5.74, 6) is -0.747. The van der Waals surface area contributed by atoms with Crippen LogP contribution in [0.4, 0.5) is 10.1 Å². The van der Waals surface area contributed by atoms with E-state index in [0.717, 1.165) is 6.07 Å². The van der Waals surface area contributed by atoms with Crippen molar-refractivity contribution in [3.8, 4) is 11.6 Å². The third-order valence-electron chi connectivity index (χ3n) is 3.53. The zero-order chi connectivity index (χ0) is 21.6. The third-order valence-corrected chi connectivity index (χ3v) is 4.37. The number of rotatable bonds is 3. The van der Waals surface area contributed by atoms with E-state index in [1.54, 1.807) is 25.1 Å². The molecule has 10 heteroatoms. The molecule has 0 aliphatic rings. The molecule has 1 aromatic heterocycles. The molecular weight excluding hydrogens is 440 g/mol. The van der Waals surface area contributed by atoms with E-state index in [4.69, 9.17) is 35.4 Å². The van der Waals surface area contributed by atoms with Gasteiger partial charge in [-0.3, -0.25) is 19.1 Å². The molecule has 0 fully saturated rings. The van der Waals surface area contributed by atoms with Crippen LogP contribution in [0.15, 0.2) is 53.3 Å². The molecular formula is C19H16Cl2FN3O3S. The number of aromatic nitrogens is 2. The fraction of sp³-hybridized carbons (Fsp3) is 0.105. The Labute approximate surface area is 180 Å². The van der Waals surface area contributed by atoms with Crippen LogP contribution in [-0.4, -0.2) is 20.6 Å². The normalized spacial score (nSPS) is 10.1. The summed E-state index contributed by atoms with van der Waals surface area (Å²) in [5.41, 5.74) is 0.582. The van der Waals surface area contributed by atoms with Gasteiger partial charge in [-0.05, 0) is 54.7 Å². The van der Waals surface area contributed by atoms with Crippen molar-refractivity contribution in [2.24, 2.45) is 0 Å². The predicted molar refractivity (Wildman–Crippen MR) is 114 cm³/mol. The van der Waals surface area contributed by atoms with Crippen molar-refractivity contribution >= 4 is 47.0 Å². The lowest BCUT2D eigenvalue weighted by atomic mass is 10.3. The molecule has 152 valence electrons. The van der Waals surface area contributed by atoms with Gasteiger partial charge >= 0.3 is 0 Å². The number of amides is 1. The van der Waals surface area contributed by atoms with Crippen LogP contribution in [0.25, 0.3) is 5.69 Å². The van der Waals surface area contributed by atoms with E-state index in [1.165, 1.54) is 28.8 Å². The number of aromatic hydroxyl groups is 1. The van der Waals surface area contributed by atoms with Crippen LogP contribution in [0.2, 0.25) is 10.0 Å². The predicted octanol–water partition coefficient (Wildman–Crippen LogP) is 5.08. The number of carbonyl (C=O) groups is 1. The Kier molecular flexibility index (Phi) is 7.95. The minimum absolute atomic E-state index is 0.0524. The van der Waals surface area contributed by atoms with Gasteiger partial charge in [0.2, 0.25) is 11.8 Å². The number of carbonyl (C=O) groups excluding carboxylic acids is 1. The van der Waals surface area contributed by atoms with Gasteiger partial charge in [0.15, 0.2) is 4.77 Å². The van der Waals surface area contributed by atoms with Crippen LogP contribution in [0.1, 0.15) is 13.3 Å². The maximum atomic E-state index is 12.7. The number of halogens is 3. The molecule has 0 atom stereocenters. The molecule has 3 rings (SSSR count). The first-order chi connectivity index (χ1) is 13.7. The minimum Gasteiger partial charge on any atom is -0.494 e. The van der Waals surface area contributed by atoms with E-state index in [-0.39, 0.29) is 22.4 Å². The first-order valence-corrected chi connectivity index (χ1v) is 9.44. The summed E-state index contributed by atoms with van der Waals surface area (Å²) in [4.78, 5) is 24.4. The molecule has 0 radical (unpaired) electrons. The largest absolute Gasteiger partial charge is 0.494 e. The molecule has 0 saturated heterocycles. The molecule has 3 N–H and O–H groups in total. The maximum Gasteiger partial charge on any atom is 0.255 e. The van der Waals surface area contributed by atoms with Gasteiger partial charge in [0.05, 0.1) is 22.5 Å². The number of aromatic amines is 1. The van der Waals surface area contributed by atoms with Crippen LogP contribution in [0.5, 0.6) is 5.88 Å². The smallest absolute Gasteiger partial charge is 0.255 e. The lowest BCUT2D eigenvalue weighted by molar-refractivity contribution is -0.115. The highest BCUT2D eigenvalue weighted by atomic mass is 35.5. The molecule has 1 heterocycles. The number of hydrogen-bond acceptors (Lipinski definition) is 4. The molecule has 0 spiro atoms. The summed E-state index contributed by atoms with van der Waals surface area (Å²) in [6, 6.07) is 11.3. The van der Waals surface area contributed by atoms with Crippen molar-refractivity contribution in [3.63, 3.8) is 0 Å². The Bertz CT molecular complexity index is 1130. The van der Waals surface area contributed by atoms with Crippen LogP contribution in [-0.2, 0) is 4.79 Å². The first-order valence-electron chi connectivity index (χ1n) is 8.27. The molecule has 0 aliphatic heterocycles. The van der Waals surface area contributed by atoms with Gasteiger partial charge in [-0.1, -0.05) is 30.1 Å². The van der Waals surface area contributed by atoms with Crippen molar-refractivity contribution in [3.05, 3.63) is 79.5 Å². The minimum atomic E-state index is -0.485. The van der Waals surface area contributed by atoms with Gasteiger partial charge in [-0.15, -0.1) is 0 Å². The summed E-state index contributed by atoms with van der Waals surface area (Å²) >= 11 is 16.4. The Balaban J connectivity index is 0.000000212. The van der Waals surface area contributed by atoms with Crippen LogP contribution >= 0.6 is 35.4 Å². The SMILES string of the molecule is CCC(=O)Nc1ccc(Cl)cc1Cl.O=c1cc(O)n(-c2ccc(F)cc2)c(=S)[nH]1. The fourth-order valence-electron chi connectivity index (χ4n) is 2.15. The summed E-state index contributed by atoms with van der Waals surface area (Å²) in [6.07, 6.45) is 0.430. The van der Waals surface area contributed by atoms with Crippen LogP contribution in [0, 0.1) is 10.6 Å². The highest BCUT2D eigenvalue weighted by Gasteiger charge is 2.05. The summed E-state index contributed by atoms with van der Waals surface area (Å²) in [5, 5.41) is 13.2. The van der Waals surface area contributed by atoms with Crippen molar-refractivity contribution in [2.75, 3.05) is 5.32 Å². The van der Waals surface area contributed by atoms with Gasteiger partial charge in [-0.2, -0.15) is 0 Å². The lowest BCUT2D eigenvalue weighted by Crippen LogP contribution is -2.10. The summed E-state index contributed by atoms with van der Waals surface area (Å²) < 4.78 is 14.0. The zero-order valence-electron chi connectivity index (χ0n) is 15.1. The van der Waals surface area contributed by atoms with Crippen molar-refractivity contribution in [1.29, 1.82) is 0 Å². The molecule has 2 aromatic carbocycles. The second kappa shape index (κ2) is 10.2. The molecule has 0 saturated carbocycles. The van der Waals surface area contributed by atoms with E-state index in [9.17, 15) is 19.1 Å². The van der Waals surface area contributed by atoms with Crippen molar-refractivity contribution < 1.29 is 14.3 Å². The number of anilines is 1. The van der Waals surface area contributed by atoms with E-state index < -0.39 is 5.56 Å². The number of hydrogen-bond donors (Lipinski definition) is 3. The average Bonchev–Trinajstić information content (AvgIpc) is 2.65. The second-order valence-corrected chi connectivity index (χ2v) is 6.86. The fourth-order valence-corrected chi connectivity index (χ4v) is 2.91. The van der Waals surface area contributed by atoms with Crippen LogP contribution < -0.4 is 10.9 Å². The van der Waals surface area contributed by atoms with Gasteiger partial charge in [0.1, 0.15) is 5.82 Å². The van der Waals surface area contributed by atoms with Crippen molar-refractivity contribution in [1.82, 2.24) is 9.55 Å². The first kappa shape index (κ1) is 22.6. The highest BCUT2D eigenvalue weighted by molar-refractivity contribution is 7.71. The molecule has 0 bridgehead atoms. The molecule has 6 nitrogen and oxygen atoms in total. The third kappa shape index (κ3) is 6.42. The topological polar surface area (TPSA) is 87.1 Å². The summed E-state index contributed by atoms with van der Waals surface area (Å²) in [7, 11) is 0. The molecule has 0 aliphatic carbocycles. The monoisotopic (exact) mass is 455 g/mol. The number of H-pyrrole nitrogens is 1. The van der Waals surface area contributed by atoms with Gasteiger partial charge in [-0.25, -0.2) is 4.39 Å². The average molecular weight is 456 g/mol. The molecule has 0 unspecified atom stereocenters. The molecule has 29 heavy (non-hydrogen) atoms.